The number of hydrogen-bond donors (Lipinski definition) is 0. The number of anilines is 1. The van der Waals surface area contributed by atoms with Gasteiger partial charge in [0.15, 0.2) is 0 Å². The highest BCUT2D eigenvalue weighted by molar-refractivity contribution is 6.33. The molecule has 1 aliphatic heterocycles. The minimum atomic E-state index is -0.592. The number of benzene rings is 2. The second-order valence-corrected chi connectivity index (χ2v) is 5.47. The van der Waals surface area contributed by atoms with Crippen molar-refractivity contribution in [3.8, 4) is 11.5 Å². The lowest BCUT2D eigenvalue weighted by atomic mass is 10.1. The number of carbonyl (C=O) groups excluding carboxylic acids is 1. The van der Waals surface area contributed by atoms with E-state index in [0.717, 1.165) is 0 Å². The normalized spacial score (nSPS) is 13.0. The molecule has 0 radical (unpaired) electrons. The molecule has 0 saturated heterocycles. The number of halogens is 1. The zero-order chi connectivity index (χ0) is 17.3. The van der Waals surface area contributed by atoms with E-state index in [0.29, 0.717) is 30.3 Å². The average molecular weight is 349 g/mol. The highest BCUT2D eigenvalue weighted by Crippen LogP contribution is 2.36. The Morgan fingerprint density at radius 1 is 1.33 bits per heavy atom. The fraction of sp³-hybridized carbons (Fsp3) is 0.188. The Bertz CT molecular complexity index is 824. The fourth-order valence-electron chi connectivity index (χ4n) is 2.48. The summed E-state index contributed by atoms with van der Waals surface area (Å²) in [5.74, 6) is 0.854. The number of carbonyl (C=O) groups is 1. The van der Waals surface area contributed by atoms with Crippen LogP contribution in [0.3, 0.4) is 0 Å². The molecule has 24 heavy (non-hydrogen) atoms. The van der Waals surface area contributed by atoms with Gasteiger partial charge in [-0.25, -0.2) is 0 Å². The summed E-state index contributed by atoms with van der Waals surface area (Å²) >= 11 is 5.90. The van der Waals surface area contributed by atoms with Gasteiger partial charge in [0, 0.05) is 17.7 Å². The lowest BCUT2D eigenvalue weighted by Crippen LogP contribution is -2.38. The molecule has 2 aromatic carbocycles. The monoisotopic (exact) mass is 348 g/mol. The first-order chi connectivity index (χ1) is 11.5. The molecule has 0 saturated carbocycles. The van der Waals surface area contributed by atoms with Crippen molar-refractivity contribution in [2.45, 2.75) is 0 Å². The first-order valence-corrected chi connectivity index (χ1v) is 7.45. The Labute approximate surface area is 142 Å². The van der Waals surface area contributed by atoms with Crippen LogP contribution in [-0.4, -0.2) is 31.1 Å². The Balaban J connectivity index is 1.97. The van der Waals surface area contributed by atoms with Crippen molar-refractivity contribution in [3.63, 3.8) is 0 Å². The topological polar surface area (TPSA) is 81.9 Å². The van der Waals surface area contributed by atoms with Gasteiger partial charge in [-0.1, -0.05) is 11.6 Å². The lowest BCUT2D eigenvalue weighted by Gasteiger charge is -2.30. The number of hydrogen-bond acceptors (Lipinski definition) is 5. The molecule has 0 aromatic heterocycles. The highest BCUT2D eigenvalue weighted by atomic mass is 35.5. The summed E-state index contributed by atoms with van der Waals surface area (Å²) in [7, 11) is 1.54. The Hall–Kier alpha value is -2.80. The predicted octanol–water partition coefficient (Wildman–Crippen LogP) is 3.30. The van der Waals surface area contributed by atoms with E-state index in [2.05, 4.69) is 0 Å². The molecule has 0 unspecified atom stereocenters. The molecule has 1 heterocycles. The summed E-state index contributed by atoms with van der Waals surface area (Å²) in [5, 5.41) is 10.8. The first-order valence-electron chi connectivity index (χ1n) is 7.08. The van der Waals surface area contributed by atoms with Gasteiger partial charge in [0.05, 0.1) is 24.3 Å². The SMILES string of the molecule is COc1ccc2c(c1)N(C(=O)c1ccc([N+](=O)[O-])c(Cl)c1)CCO2. The van der Waals surface area contributed by atoms with Crippen molar-refractivity contribution in [3.05, 3.63) is 57.1 Å². The molecule has 0 bridgehead atoms. The molecule has 1 amide bonds. The van der Waals surface area contributed by atoms with E-state index < -0.39 is 4.92 Å². The zero-order valence-electron chi connectivity index (χ0n) is 12.7. The third-order valence-corrected chi connectivity index (χ3v) is 3.97. The van der Waals surface area contributed by atoms with Crippen molar-refractivity contribution >= 4 is 28.9 Å². The molecule has 2 aromatic rings. The maximum Gasteiger partial charge on any atom is 0.287 e. The second-order valence-electron chi connectivity index (χ2n) is 5.06. The summed E-state index contributed by atoms with van der Waals surface area (Å²) in [6, 6.07) is 9.10. The van der Waals surface area contributed by atoms with Crippen LogP contribution in [0, 0.1) is 10.1 Å². The van der Waals surface area contributed by atoms with Crippen LogP contribution in [0.2, 0.25) is 5.02 Å². The molecule has 0 fully saturated rings. The number of rotatable bonds is 3. The van der Waals surface area contributed by atoms with Crippen LogP contribution in [0.15, 0.2) is 36.4 Å². The quantitative estimate of drug-likeness (QED) is 0.628. The molecule has 8 heteroatoms. The largest absolute Gasteiger partial charge is 0.497 e. The van der Waals surface area contributed by atoms with Crippen LogP contribution >= 0.6 is 11.6 Å². The van der Waals surface area contributed by atoms with E-state index in [-0.39, 0.29) is 22.2 Å². The third kappa shape index (κ3) is 2.85. The van der Waals surface area contributed by atoms with Gasteiger partial charge in [-0.3, -0.25) is 14.9 Å². The molecule has 3 rings (SSSR count). The van der Waals surface area contributed by atoms with Gasteiger partial charge in [-0.2, -0.15) is 0 Å². The number of nitro groups is 1. The van der Waals surface area contributed by atoms with E-state index >= 15 is 0 Å². The molecule has 124 valence electrons. The van der Waals surface area contributed by atoms with Crippen molar-refractivity contribution in [1.29, 1.82) is 0 Å². The summed E-state index contributed by atoms with van der Waals surface area (Å²) < 4.78 is 10.7. The number of nitro benzene ring substituents is 1. The Kier molecular flexibility index (Phi) is 4.26. The minimum Gasteiger partial charge on any atom is -0.497 e. The van der Waals surface area contributed by atoms with E-state index in [1.54, 1.807) is 23.1 Å². The molecular weight excluding hydrogens is 336 g/mol. The van der Waals surface area contributed by atoms with Crippen molar-refractivity contribution in [2.75, 3.05) is 25.2 Å². The van der Waals surface area contributed by atoms with Gasteiger partial charge in [0.2, 0.25) is 0 Å². The minimum absolute atomic E-state index is 0.0787. The van der Waals surface area contributed by atoms with Gasteiger partial charge in [-0.15, -0.1) is 0 Å². The highest BCUT2D eigenvalue weighted by Gasteiger charge is 2.26. The Morgan fingerprint density at radius 3 is 2.79 bits per heavy atom. The summed E-state index contributed by atoms with van der Waals surface area (Å²) in [6.45, 7) is 0.708. The zero-order valence-corrected chi connectivity index (χ0v) is 13.4. The van der Waals surface area contributed by atoms with E-state index in [9.17, 15) is 14.9 Å². The standard InChI is InChI=1S/C16H13ClN2O5/c1-23-11-3-5-15-14(9-11)18(6-7-24-15)16(20)10-2-4-13(19(21)22)12(17)8-10/h2-5,8-9H,6-7H2,1H3. The molecule has 0 N–H and O–H groups in total. The van der Waals surface area contributed by atoms with Crippen molar-refractivity contribution in [2.24, 2.45) is 0 Å². The average Bonchev–Trinajstić information content (AvgIpc) is 2.59. The van der Waals surface area contributed by atoms with Gasteiger partial charge < -0.3 is 14.4 Å². The van der Waals surface area contributed by atoms with Crippen molar-refractivity contribution in [1.82, 2.24) is 0 Å². The molecular formula is C16H13ClN2O5. The van der Waals surface area contributed by atoms with Crippen LogP contribution in [0.25, 0.3) is 0 Å². The summed E-state index contributed by atoms with van der Waals surface area (Å²) in [6.07, 6.45) is 0. The van der Waals surface area contributed by atoms with Gasteiger partial charge in [0.25, 0.3) is 11.6 Å². The van der Waals surface area contributed by atoms with Crippen LogP contribution in [0.1, 0.15) is 10.4 Å². The van der Waals surface area contributed by atoms with E-state index in [1.165, 1.54) is 25.3 Å². The van der Waals surface area contributed by atoms with E-state index in [4.69, 9.17) is 21.1 Å². The predicted molar refractivity (Wildman–Crippen MR) is 88.3 cm³/mol. The number of nitrogens with zero attached hydrogens (tertiary/aromatic N) is 2. The van der Waals surface area contributed by atoms with Gasteiger partial charge in [0.1, 0.15) is 23.1 Å². The van der Waals surface area contributed by atoms with Gasteiger partial charge in [-0.05, 0) is 24.3 Å². The fourth-order valence-corrected chi connectivity index (χ4v) is 2.73. The van der Waals surface area contributed by atoms with Crippen molar-refractivity contribution < 1.29 is 19.2 Å². The smallest absolute Gasteiger partial charge is 0.287 e. The first kappa shape index (κ1) is 16.1. The number of amides is 1. The maximum atomic E-state index is 12.8. The number of methoxy groups -OCH3 is 1. The lowest BCUT2D eigenvalue weighted by molar-refractivity contribution is -0.384. The van der Waals surface area contributed by atoms with Crippen LogP contribution in [0.4, 0.5) is 11.4 Å². The molecule has 0 spiro atoms. The van der Waals surface area contributed by atoms with Crippen LogP contribution in [0.5, 0.6) is 11.5 Å². The second kappa shape index (κ2) is 6.37. The molecule has 0 aliphatic carbocycles. The van der Waals surface area contributed by atoms with E-state index in [1.807, 2.05) is 0 Å². The third-order valence-electron chi connectivity index (χ3n) is 3.67. The van der Waals surface area contributed by atoms with Crippen LogP contribution < -0.4 is 14.4 Å². The number of fused-ring (bicyclic) bond motifs is 1. The maximum absolute atomic E-state index is 12.8. The molecule has 0 atom stereocenters. The van der Waals surface area contributed by atoms with Crippen LogP contribution in [-0.2, 0) is 0 Å². The Morgan fingerprint density at radius 2 is 2.12 bits per heavy atom. The van der Waals surface area contributed by atoms with Gasteiger partial charge >= 0.3 is 0 Å². The summed E-state index contributed by atoms with van der Waals surface area (Å²) in [5.41, 5.74) is 0.610. The summed E-state index contributed by atoms with van der Waals surface area (Å²) in [4.78, 5) is 24.6. The number of ether oxygens (including phenoxy) is 2. The molecule has 1 aliphatic rings. The molecule has 7 nitrogen and oxygen atoms in total.